The number of fused-ring (bicyclic) bond motifs is 1. The third kappa shape index (κ3) is 2.65. The molecular weight excluding hydrogens is 304 g/mol. The molecule has 0 atom stereocenters. The van der Waals surface area contributed by atoms with Gasteiger partial charge < -0.3 is 29.9 Å². The first-order chi connectivity index (χ1) is 10.5. The number of hydrogen-bond acceptors (Lipinski definition) is 6. The maximum atomic E-state index is 12.2. The molecule has 3 rings (SSSR count). The normalized spacial score (nSPS) is 10.3. The van der Waals surface area contributed by atoms with Crippen LogP contribution < -0.4 is 10.2 Å². The van der Waals surface area contributed by atoms with Gasteiger partial charge in [0.25, 0.3) is 0 Å². The Kier molecular flexibility index (Phi) is 4.15. The Morgan fingerprint density at radius 3 is 2.26 bits per heavy atom. The van der Waals surface area contributed by atoms with Crippen LogP contribution in [-0.4, -0.2) is 27.9 Å². The van der Waals surface area contributed by atoms with E-state index in [1.54, 1.807) is 12.1 Å². The number of benzene rings is 2. The van der Waals surface area contributed by atoms with E-state index >= 15 is 0 Å². The van der Waals surface area contributed by atoms with Gasteiger partial charge in [0, 0.05) is 17.7 Å². The number of hydrogen-bond donors (Lipinski definition) is 3. The Morgan fingerprint density at radius 1 is 1.00 bits per heavy atom. The molecule has 0 aliphatic carbocycles. The first-order valence-corrected chi connectivity index (χ1v) is 6.37. The van der Waals surface area contributed by atoms with Crippen molar-refractivity contribution in [2.75, 3.05) is 7.11 Å². The van der Waals surface area contributed by atoms with Crippen LogP contribution in [0.2, 0.25) is 0 Å². The highest BCUT2D eigenvalue weighted by atomic mass is 16.5. The molecule has 0 aliphatic heterocycles. The van der Waals surface area contributed by atoms with Gasteiger partial charge >= 0.3 is 0 Å². The van der Waals surface area contributed by atoms with Crippen LogP contribution in [0.15, 0.2) is 45.6 Å². The predicted octanol–water partition coefficient (Wildman–Crippen LogP) is 1.76. The summed E-state index contributed by atoms with van der Waals surface area (Å²) in [6, 6.07) is 8.32. The molecule has 0 saturated heterocycles. The molecule has 0 bridgehead atoms. The standard InChI is InChI=1S/C16H12O6.H2O/c1-21-15-12(20)6-10(18)14-11(19)7-13(22-16(14)15)8-2-4-9(17)5-3-8;/h2-7,17-18,20H,1H3;1H2. The molecule has 2 aromatic carbocycles. The zero-order valence-electron chi connectivity index (χ0n) is 12.0. The fraction of sp³-hybridized carbons (Fsp3) is 0.0625. The highest BCUT2D eigenvalue weighted by Crippen LogP contribution is 2.40. The average molecular weight is 318 g/mol. The monoisotopic (exact) mass is 318 g/mol. The van der Waals surface area contributed by atoms with E-state index in [0.29, 0.717) is 5.56 Å². The van der Waals surface area contributed by atoms with Gasteiger partial charge in [0.1, 0.15) is 22.6 Å². The van der Waals surface area contributed by atoms with Crippen molar-refractivity contribution in [1.29, 1.82) is 0 Å². The quantitative estimate of drug-likeness (QED) is 0.659. The van der Waals surface area contributed by atoms with Gasteiger partial charge in [-0.15, -0.1) is 0 Å². The summed E-state index contributed by atoms with van der Waals surface area (Å²) in [5.41, 5.74) is 0.0392. The van der Waals surface area contributed by atoms with Crippen LogP contribution in [0.3, 0.4) is 0 Å². The number of phenols is 3. The Balaban J connectivity index is 0.00000192. The Bertz CT molecular complexity index is 910. The van der Waals surface area contributed by atoms with Crippen molar-refractivity contribution in [1.82, 2.24) is 0 Å². The molecule has 120 valence electrons. The second kappa shape index (κ2) is 5.90. The highest BCUT2D eigenvalue weighted by molar-refractivity contribution is 5.91. The molecule has 0 amide bonds. The Labute approximate surface area is 129 Å². The molecule has 23 heavy (non-hydrogen) atoms. The minimum atomic E-state index is -0.472. The lowest BCUT2D eigenvalue weighted by Gasteiger charge is -2.09. The Morgan fingerprint density at radius 2 is 1.65 bits per heavy atom. The smallest absolute Gasteiger partial charge is 0.204 e. The summed E-state index contributed by atoms with van der Waals surface area (Å²) in [4.78, 5) is 12.2. The molecule has 0 unspecified atom stereocenters. The van der Waals surface area contributed by atoms with Crippen molar-refractivity contribution in [3.8, 4) is 34.3 Å². The van der Waals surface area contributed by atoms with Crippen molar-refractivity contribution in [3.63, 3.8) is 0 Å². The van der Waals surface area contributed by atoms with Crippen molar-refractivity contribution in [3.05, 3.63) is 46.6 Å². The van der Waals surface area contributed by atoms with Gasteiger partial charge in [-0.1, -0.05) is 0 Å². The number of methoxy groups -OCH3 is 1. The minimum absolute atomic E-state index is 0. The van der Waals surface area contributed by atoms with Gasteiger partial charge in [0.2, 0.25) is 5.75 Å². The average Bonchev–Trinajstić information content (AvgIpc) is 2.47. The maximum Gasteiger partial charge on any atom is 0.204 e. The zero-order valence-corrected chi connectivity index (χ0v) is 12.0. The zero-order chi connectivity index (χ0) is 15.9. The lowest BCUT2D eigenvalue weighted by molar-refractivity contribution is 0.367. The molecule has 0 saturated carbocycles. The van der Waals surface area contributed by atoms with E-state index in [2.05, 4.69) is 0 Å². The lowest BCUT2D eigenvalue weighted by atomic mass is 10.1. The van der Waals surface area contributed by atoms with Gasteiger partial charge in [-0.25, -0.2) is 0 Å². The number of rotatable bonds is 2. The van der Waals surface area contributed by atoms with Crippen LogP contribution >= 0.6 is 0 Å². The summed E-state index contributed by atoms with van der Waals surface area (Å²) in [6.45, 7) is 0. The second-order valence-electron chi connectivity index (χ2n) is 4.67. The van der Waals surface area contributed by atoms with Crippen molar-refractivity contribution >= 4 is 11.0 Å². The molecule has 0 spiro atoms. The fourth-order valence-corrected chi connectivity index (χ4v) is 2.24. The van der Waals surface area contributed by atoms with Gasteiger partial charge in [-0.3, -0.25) is 4.79 Å². The van der Waals surface area contributed by atoms with Gasteiger partial charge in [0.05, 0.1) is 7.11 Å². The van der Waals surface area contributed by atoms with Crippen LogP contribution in [0.25, 0.3) is 22.3 Å². The van der Waals surface area contributed by atoms with E-state index in [1.165, 1.54) is 25.3 Å². The van der Waals surface area contributed by atoms with Gasteiger partial charge in [0.15, 0.2) is 16.8 Å². The fourth-order valence-electron chi connectivity index (χ4n) is 2.24. The largest absolute Gasteiger partial charge is 0.508 e. The molecule has 7 nitrogen and oxygen atoms in total. The molecule has 1 heterocycles. The van der Waals surface area contributed by atoms with E-state index in [0.717, 1.165) is 6.07 Å². The van der Waals surface area contributed by atoms with E-state index in [-0.39, 0.29) is 45.2 Å². The van der Waals surface area contributed by atoms with E-state index in [9.17, 15) is 20.1 Å². The van der Waals surface area contributed by atoms with E-state index in [4.69, 9.17) is 9.15 Å². The first kappa shape index (κ1) is 16.2. The molecule has 0 radical (unpaired) electrons. The SMILES string of the molecule is COc1c(O)cc(O)c2c(=O)cc(-c3ccc(O)cc3)oc12.O. The number of ether oxygens (including phenoxy) is 1. The van der Waals surface area contributed by atoms with Crippen LogP contribution in [0.1, 0.15) is 0 Å². The molecule has 0 aliphatic rings. The topological polar surface area (TPSA) is 132 Å². The molecule has 7 heteroatoms. The lowest BCUT2D eigenvalue weighted by Crippen LogP contribution is -2.02. The third-order valence-electron chi connectivity index (χ3n) is 3.27. The van der Waals surface area contributed by atoms with E-state index in [1.807, 2.05) is 0 Å². The summed E-state index contributed by atoms with van der Waals surface area (Å²) in [6.07, 6.45) is 0. The molecule has 0 fully saturated rings. The summed E-state index contributed by atoms with van der Waals surface area (Å²) >= 11 is 0. The maximum absolute atomic E-state index is 12.2. The van der Waals surface area contributed by atoms with Gasteiger partial charge in [-0.2, -0.15) is 0 Å². The minimum Gasteiger partial charge on any atom is -0.508 e. The van der Waals surface area contributed by atoms with Crippen LogP contribution in [0, 0.1) is 0 Å². The number of phenolic OH excluding ortho intramolecular Hbond substituents is 3. The third-order valence-corrected chi connectivity index (χ3v) is 3.27. The van der Waals surface area contributed by atoms with Gasteiger partial charge in [-0.05, 0) is 24.3 Å². The van der Waals surface area contributed by atoms with Crippen LogP contribution in [-0.2, 0) is 0 Å². The second-order valence-corrected chi connectivity index (χ2v) is 4.67. The summed E-state index contributed by atoms with van der Waals surface area (Å²) in [5, 5.41) is 28.9. The molecule has 1 aromatic heterocycles. The van der Waals surface area contributed by atoms with Crippen molar-refractivity contribution < 1.29 is 29.9 Å². The van der Waals surface area contributed by atoms with Crippen molar-refractivity contribution in [2.45, 2.75) is 0 Å². The van der Waals surface area contributed by atoms with E-state index < -0.39 is 5.43 Å². The van der Waals surface area contributed by atoms with Crippen molar-refractivity contribution in [2.24, 2.45) is 0 Å². The molecule has 5 N–H and O–H groups in total. The first-order valence-electron chi connectivity index (χ1n) is 6.37. The summed E-state index contributed by atoms with van der Waals surface area (Å²) in [5.74, 6) is -0.455. The molecular formula is C16H14O7. The summed E-state index contributed by atoms with van der Waals surface area (Å²) in [7, 11) is 1.32. The highest BCUT2D eigenvalue weighted by Gasteiger charge is 2.18. The summed E-state index contributed by atoms with van der Waals surface area (Å²) < 4.78 is 10.7. The molecule has 3 aromatic rings. The van der Waals surface area contributed by atoms with Crippen LogP contribution in [0.5, 0.6) is 23.0 Å². The predicted molar refractivity (Wildman–Crippen MR) is 83.1 cm³/mol. The van der Waals surface area contributed by atoms with Crippen LogP contribution in [0.4, 0.5) is 0 Å². The number of aromatic hydroxyl groups is 3. The Hall–Kier alpha value is -3.19.